The molecule has 2 aromatic carbocycles. The van der Waals surface area contributed by atoms with Crippen LogP contribution in [0.4, 0.5) is 0 Å². The van der Waals surface area contributed by atoms with Gasteiger partial charge >= 0.3 is 0 Å². The maximum atomic E-state index is 13.8. The number of thiophene rings is 1. The predicted octanol–water partition coefficient (Wildman–Crippen LogP) is 6.03. The minimum atomic E-state index is -0.365. The second-order valence-corrected chi connectivity index (χ2v) is 11.9. The third-order valence-corrected chi connectivity index (χ3v) is 8.85. The van der Waals surface area contributed by atoms with Gasteiger partial charge in [0.1, 0.15) is 5.75 Å². The number of nitrogens with one attached hydrogen (secondary N) is 1. The molecule has 1 aliphatic heterocycles. The zero-order chi connectivity index (χ0) is 30.5. The highest BCUT2D eigenvalue weighted by Gasteiger charge is 2.33. The molecule has 44 heavy (non-hydrogen) atoms. The third kappa shape index (κ3) is 6.46. The summed E-state index contributed by atoms with van der Waals surface area (Å²) < 4.78 is 12.6. The number of furan rings is 1. The van der Waals surface area contributed by atoms with Crippen LogP contribution >= 0.6 is 23.1 Å². The molecule has 1 N–H and O–H groups in total. The van der Waals surface area contributed by atoms with E-state index >= 15 is 0 Å². The van der Waals surface area contributed by atoms with Crippen LogP contribution < -0.4 is 10.1 Å². The fourth-order valence-corrected chi connectivity index (χ4v) is 6.40. The number of carbonyl (C=O) groups is 2. The lowest BCUT2D eigenvalue weighted by Gasteiger charge is -2.22. The summed E-state index contributed by atoms with van der Waals surface area (Å²) >= 11 is 2.89. The van der Waals surface area contributed by atoms with E-state index in [2.05, 4.69) is 39.8 Å². The molecule has 0 saturated heterocycles. The lowest BCUT2D eigenvalue weighted by atomic mass is 10.00. The summed E-state index contributed by atoms with van der Waals surface area (Å²) in [4.78, 5) is 27.4. The van der Waals surface area contributed by atoms with Crippen molar-refractivity contribution < 1.29 is 18.7 Å². The van der Waals surface area contributed by atoms with Crippen LogP contribution in [-0.2, 0) is 11.3 Å². The minimum absolute atomic E-state index is 0.0947. The Morgan fingerprint density at radius 3 is 2.59 bits per heavy atom. The summed E-state index contributed by atoms with van der Waals surface area (Å²) in [5, 5.41) is 20.5. The highest BCUT2D eigenvalue weighted by molar-refractivity contribution is 7.99. The Bertz CT molecular complexity index is 1750. The zero-order valence-electron chi connectivity index (χ0n) is 24.2. The van der Waals surface area contributed by atoms with E-state index in [-0.39, 0.29) is 35.9 Å². The van der Waals surface area contributed by atoms with Gasteiger partial charge in [-0.25, -0.2) is 5.01 Å². The topological polar surface area (TPSA) is 115 Å². The number of aromatic nitrogens is 3. The largest absolute Gasteiger partial charge is 0.494 e. The lowest BCUT2D eigenvalue weighted by molar-refractivity contribution is -0.130. The van der Waals surface area contributed by atoms with E-state index in [0.29, 0.717) is 24.0 Å². The predicted molar refractivity (Wildman–Crippen MR) is 169 cm³/mol. The first-order valence-corrected chi connectivity index (χ1v) is 16.0. The quantitative estimate of drug-likeness (QED) is 0.178. The van der Waals surface area contributed by atoms with Crippen LogP contribution in [0, 0.1) is 6.92 Å². The van der Waals surface area contributed by atoms with Gasteiger partial charge in [-0.3, -0.25) is 14.2 Å². The summed E-state index contributed by atoms with van der Waals surface area (Å²) in [6.45, 7) is 4.62. The molecular weight excluding hydrogens is 597 g/mol. The maximum absolute atomic E-state index is 13.8. The fraction of sp³-hybridized carbons (Fsp3) is 0.219. The molecule has 1 aliphatic rings. The number of hydrazone groups is 1. The van der Waals surface area contributed by atoms with Crippen LogP contribution in [0.15, 0.2) is 99.1 Å². The monoisotopic (exact) mass is 626 g/mol. The van der Waals surface area contributed by atoms with Crippen molar-refractivity contribution in [3.8, 4) is 11.4 Å². The number of benzene rings is 2. The van der Waals surface area contributed by atoms with Crippen LogP contribution in [0.5, 0.6) is 5.75 Å². The first-order valence-electron chi connectivity index (χ1n) is 14.1. The molecule has 4 heterocycles. The van der Waals surface area contributed by atoms with Gasteiger partial charge in [0.05, 0.1) is 41.8 Å². The Morgan fingerprint density at radius 2 is 1.89 bits per heavy atom. The van der Waals surface area contributed by atoms with Gasteiger partial charge in [-0.2, -0.15) is 5.10 Å². The number of hydrogen-bond donors (Lipinski definition) is 1. The highest BCUT2D eigenvalue weighted by Crippen LogP contribution is 2.35. The van der Waals surface area contributed by atoms with Crippen molar-refractivity contribution >= 4 is 40.6 Å². The number of thioether (sulfide) groups is 1. The molecule has 10 nitrogen and oxygen atoms in total. The van der Waals surface area contributed by atoms with Crippen molar-refractivity contribution in [1.29, 1.82) is 0 Å². The maximum Gasteiger partial charge on any atom is 0.287 e. The molecule has 0 spiro atoms. The number of hydrogen-bond acceptors (Lipinski definition) is 9. The molecule has 2 amide bonds. The van der Waals surface area contributed by atoms with Gasteiger partial charge in [0.15, 0.2) is 16.7 Å². The molecule has 1 unspecified atom stereocenters. The van der Waals surface area contributed by atoms with Gasteiger partial charge in [-0.15, -0.1) is 21.5 Å². The second kappa shape index (κ2) is 13.3. The van der Waals surface area contributed by atoms with Crippen LogP contribution in [0.25, 0.3) is 5.69 Å². The van der Waals surface area contributed by atoms with Crippen molar-refractivity contribution in [3.05, 3.63) is 112 Å². The Kier molecular flexibility index (Phi) is 8.89. The van der Waals surface area contributed by atoms with Crippen LogP contribution in [-0.4, -0.2) is 49.7 Å². The van der Waals surface area contributed by atoms with Crippen LogP contribution in [0.2, 0.25) is 0 Å². The number of nitrogens with zero attached hydrogens (tertiary/aromatic N) is 5. The summed E-state index contributed by atoms with van der Waals surface area (Å²) in [6.07, 6.45) is 2.09. The van der Waals surface area contributed by atoms with Crippen molar-refractivity contribution in [2.75, 3.05) is 12.4 Å². The van der Waals surface area contributed by atoms with E-state index in [1.807, 2.05) is 60.2 Å². The van der Waals surface area contributed by atoms with E-state index in [0.717, 1.165) is 33.2 Å². The Morgan fingerprint density at radius 1 is 1.07 bits per heavy atom. The van der Waals surface area contributed by atoms with Gasteiger partial charge in [0.2, 0.25) is 0 Å². The lowest BCUT2D eigenvalue weighted by Crippen LogP contribution is -2.28. The number of aryl methyl sites for hydroxylation is 1. The van der Waals surface area contributed by atoms with Crippen LogP contribution in [0.3, 0.4) is 0 Å². The molecule has 5 aromatic rings. The van der Waals surface area contributed by atoms with E-state index in [1.54, 1.807) is 28.5 Å². The van der Waals surface area contributed by atoms with Gasteiger partial charge in [0, 0.05) is 12.1 Å². The third-order valence-electron chi connectivity index (χ3n) is 7.02. The van der Waals surface area contributed by atoms with Gasteiger partial charge in [-0.1, -0.05) is 47.7 Å². The summed E-state index contributed by atoms with van der Waals surface area (Å²) in [7, 11) is 0. The highest BCUT2D eigenvalue weighted by atomic mass is 32.2. The molecule has 0 aliphatic carbocycles. The van der Waals surface area contributed by atoms with Gasteiger partial charge in [0.25, 0.3) is 11.8 Å². The molecule has 0 bridgehead atoms. The SMILES string of the molecule is CCOc1ccc(-n2c(CNC(=O)c3ccco3)nnc2SCC(=O)N2N=C(c3cccs3)CC2c2ccc(C)cc2)cc1. The number of rotatable bonds is 11. The molecule has 6 rings (SSSR count). The molecule has 3 aromatic heterocycles. The molecule has 0 fully saturated rings. The molecule has 1 atom stereocenters. The Hall–Kier alpha value is -4.68. The van der Waals surface area contributed by atoms with Crippen molar-refractivity contribution in [2.45, 2.75) is 38.0 Å². The summed E-state index contributed by atoms with van der Waals surface area (Å²) in [5.41, 5.74) is 3.86. The second-order valence-electron chi connectivity index (χ2n) is 10.0. The average Bonchev–Trinajstić information content (AvgIpc) is 3.86. The standard InChI is InChI=1S/C32H30N6O4S2/c1-3-41-24-14-12-23(13-15-24)37-29(19-33-31(40)27-6-4-16-42-27)34-35-32(37)44-20-30(39)38-26(22-10-8-21(2)9-11-22)18-25(36-38)28-7-5-17-43-28/h4-17,26H,3,18-20H2,1-2H3,(H,33,40). The molecular formula is C32H30N6O4S2. The van der Waals surface area contributed by atoms with E-state index in [9.17, 15) is 9.59 Å². The number of amides is 2. The van der Waals surface area contributed by atoms with Crippen LogP contribution in [0.1, 0.15) is 51.8 Å². The van der Waals surface area contributed by atoms with E-state index in [4.69, 9.17) is 14.3 Å². The molecule has 224 valence electrons. The van der Waals surface area contributed by atoms with Gasteiger partial charge in [-0.05, 0) is 67.3 Å². The number of carbonyl (C=O) groups excluding carboxylic acids is 2. The summed E-state index contributed by atoms with van der Waals surface area (Å²) in [6, 6.07) is 22.8. The van der Waals surface area contributed by atoms with E-state index < -0.39 is 0 Å². The van der Waals surface area contributed by atoms with Crippen molar-refractivity contribution in [2.24, 2.45) is 5.10 Å². The molecule has 12 heteroatoms. The average molecular weight is 627 g/mol. The summed E-state index contributed by atoms with van der Waals surface area (Å²) in [5.74, 6) is 1.03. The number of ether oxygens (including phenoxy) is 1. The normalized spacial score (nSPS) is 14.5. The van der Waals surface area contributed by atoms with Crippen molar-refractivity contribution in [1.82, 2.24) is 25.1 Å². The minimum Gasteiger partial charge on any atom is -0.494 e. The first kappa shape index (κ1) is 29.4. The fourth-order valence-electron chi connectivity index (χ4n) is 4.85. The molecule has 0 saturated carbocycles. The first-order chi connectivity index (χ1) is 21.5. The molecule has 0 radical (unpaired) electrons. The zero-order valence-corrected chi connectivity index (χ0v) is 25.8. The smallest absolute Gasteiger partial charge is 0.287 e. The van der Waals surface area contributed by atoms with Gasteiger partial charge < -0.3 is 14.5 Å². The van der Waals surface area contributed by atoms with E-state index in [1.165, 1.54) is 18.0 Å². The van der Waals surface area contributed by atoms with Crippen molar-refractivity contribution in [3.63, 3.8) is 0 Å². The Balaban J connectivity index is 1.24. The Labute approximate surface area is 262 Å².